The molecule has 0 amide bonds. The van der Waals surface area contributed by atoms with Crippen molar-refractivity contribution in [3.8, 4) is 17.3 Å². The summed E-state index contributed by atoms with van der Waals surface area (Å²) in [5.41, 5.74) is -4.10. The van der Waals surface area contributed by atoms with E-state index < -0.39 is 29.2 Å². The lowest BCUT2D eigenvalue weighted by molar-refractivity contribution is -0.142. The van der Waals surface area contributed by atoms with E-state index in [1.807, 2.05) is 6.07 Å². The molecule has 5 rings (SSSR count). The molecule has 1 fully saturated rings. The maximum Gasteiger partial charge on any atom is 0.433 e. The van der Waals surface area contributed by atoms with Crippen LogP contribution in [0.25, 0.3) is 22.3 Å². The van der Waals surface area contributed by atoms with Crippen molar-refractivity contribution in [2.75, 3.05) is 18.0 Å². The van der Waals surface area contributed by atoms with E-state index in [1.54, 1.807) is 11.9 Å². The number of aryl methyl sites for hydroxylation is 2. The van der Waals surface area contributed by atoms with Crippen LogP contribution in [0.1, 0.15) is 42.5 Å². The van der Waals surface area contributed by atoms with Crippen LogP contribution < -0.4 is 4.90 Å². The molecular formula is C24H21F6N9. The van der Waals surface area contributed by atoms with Crippen LogP contribution >= 0.6 is 0 Å². The maximum absolute atomic E-state index is 15.8. The van der Waals surface area contributed by atoms with Crippen molar-refractivity contribution in [1.82, 2.24) is 34.5 Å². The molecule has 0 spiro atoms. The number of hydrogen-bond donors (Lipinski definition) is 0. The lowest BCUT2D eigenvalue weighted by Crippen LogP contribution is -2.42. The molecule has 1 aliphatic heterocycles. The molecule has 0 unspecified atom stereocenters. The van der Waals surface area contributed by atoms with E-state index in [0.29, 0.717) is 11.6 Å². The molecule has 15 heteroatoms. The molecule has 0 bridgehead atoms. The Morgan fingerprint density at radius 1 is 1.08 bits per heavy atom. The highest BCUT2D eigenvalue weighted by Gasteiger charge is 2.42. The van der Waals surface area contributed by atoms with E-state index >= 15 is 4.39 Å². The van der Waals surface area contributed by atoms with Crippen LogP contribution in [-0.4, -0.2) is 47.6 Å². The Labute approximate surface area is 217 Å². The van der Waals surface area contributed by atoms with Crippen LogP contribution in [0.5, 0.6) is 0 Å². The van der Waals surface area contributed by atoms with Crippen LogP contribution in [0.2, 0.25) is 0 Å². The van der Waals surface area contributed by atoms with Crippen molar-refractivity contribution in [1.29, 1.82) is 5.26 Å². The van der Waals surface area contributed by atoms with Gasteiger partial charge < -0.3 is 9.47 Å². The standard InChI is InChI=1S/C24H21F6N9/c1-22(25,26)16-9-13(10-31)18(39-6-4-23(27,5-7-39)21-35-33-12-37(21)2)17(34-16)14-8-15-19(24(28,29)30)38(3)36-20(15)32-11-14/h8-9,11-12H,4-7H2,1-3H3. The second-order valence-corrected chi connectivity index (χ2v) is 9.54. The van der Waals surface area contributed by atoms with Gasteiger partial charge in [0.1, 0.15) is 18.1 Å². The van der Waals surface area contributed by atoms with E-state index in [0.717, 1.165) is 19.2 Å². The van der Waals surface area contributed by atoms with Crippen molar-refractivity contribution < 1.29 is 26.3 Å². The fourth-order valence-electron chi connectivity index (χ4n) is 4.91. The first kappa shape index (κ1) is 26.4. The van der Waals surface area contributed by atoms with Gasteiger partial charge in [-0.3, -0.25) is 4.68 Å². The number of anilines is 1. The van der Waals surface area contributed by atoms with Gasteiger partial charge in [0.25, 0.3) is 5.92 Å². The summed E-state index contributed by atoms with van der Waals surface area (Å²) in [4.78, 5) is 9.72. The van der Waals surface area contributed by atoms with Crippen molar-refractivity contribution in [2.45, 2.75) is 37.5 Å². The summed E-state index contributed by atoms with van der Waals surface area (Å²) in [5.74, 6) is -3.32. The molecule has 204 valence electrons. The third kappa shape index (κ3) is 4.53. The summed E-state index contributed by atoms with van der Waals surface area (Å²) in [5, 5.41) is 20.9. The van der Waals surface area contributed by atoms with Gasteiger partial charge in [-0.05, 0) is 12.1 Å². The first-order chi connectivity index (χ1) is 18.2. The van der Waals surface area contributed by atoms with Gasteiger partial charge in [0, 0.05) is 58.7 Å². The predicted octanol–water partition coefficient (Wildman–Crippen LogP) is 4.63. The zero-order valence-electron chi connectivity index (χ0n) is 20.9. The molecule has 0 radical (unpaired) electrons. The van der Waals surface area contributed by atoms with Crippen LogP contribution in [0.4, 0.5) is 32.0 Å². The van der Waals surface area contributed by atoms with E-state index in [1.165, 1.54) is 17.1 Å². The summed E-state index contributed by atoms with van der Waals surface area (Å²) in [7, 11) is 2.73. The van der Waals surface area contributed by atoms with Crippen molar-refractivity contribution >= 4 is 16.7 Å². The number of halogens is 6. The van der Waals surface area contributed by atoms with Gasteiger partial charge in [-0.2, -0.15) is 32.3 Å². The van der Waals surface area contributed by atoms with Gasteiger partial charge >= 0.3 is 6.18 Å². The number of pyridine rings is 2. The third-order valence-corrected chi connectivity index (χ3v) is 6.78. The van der Waals surface area contributed by atoms with E-state index in [4.69, 9.17) is 0 Å². The number of aromatic nitrogens is 7. The highest BCUT2D eigenvalue weighted by Crippen LogP contribution is 2.43. The fraction of sp³-hybridized carbons (Fsp3) is 0.417. The van der Waals surface area contributed by atoms with Crippen LogP contribution in [-0.2, 0) is 31.9 Å². The van der Waals surface area contributed by atoms with Crippen molar-refractivity contribution in [3.05, 3.63) is 47.4 Å². The number of hydrogen-bond acceptors (Lipinski definition) is 7. The minimum absolute atomic E-state index is 0.0241. The van der Waals surface area contributed by atoms with E-state index in [2.05, 4.69) is 25.3 Å². The summed E-state index contributed by atoms with van der Waals surface area (Å²) < 4.78 is 88.0. The smallest absolute Gasteiger partial charge is 0.368 e. The molecule has 0 aromatic carbocycles. The second-order valence-electron chi connectivity index (χ2n) is 9.54. The SMILES string of the molecule is Cn1cnnc1C1(F)CCN(c2c(C#N)cc(C(C)(F)F)nc2-c2cnc3nn(C)c(C(F)(F)F)c3c2)CC1. The largest absolute Gasteiger partial charge is 0.433 e. The average molecular weight is 549 g/mol. The zero-order chi connectivity index (χ0) is 28.3. The Bertz CT molecular complexity index is 1600. The van der Waals surface area contributed by atoms with Gasteiger partial charge in [0.2, 0.25) is 0 Å². The van der Waals surface area contributed by atoms with Gasteiger partial charge in [-0.25, -0.2) is 14.4 Å². The minimum atomic E-state index is -4.77. The molecule has 0 atom stereocenters. The van der Waals surface area contributed by atoms with Gasteiger partial charge in [0.15, 0.2) is 22.8 Å². The topological polar surface area (TPSA) is 101 Å². The fourth-order valence-corrected chi connectivity index (χ4v) is 4.91. The zero-order valence-corrected chi connectivity index (χ0v) is 20.9. The first-order valence-corrected chi connectivity index (χ1v) is 11.7. The predicted molar refractivity (Wildman–Crippen MR) is 126 cm³/mol. The molecule has 39 heavy (non-hydrogen) atoms. The second kappa shape index (κ2) is 8.92. The van der Waals surface area contributed by atoms with Crippen LogP contribution in [0.3, 0.4) is 0 Å². The summed E-state index contributed by atoms with van der Waals surface area (Å²) >= 11 is 0. The Morgan fingerprint density at radius 2 is 1.77 bits per heavy atom. The van der Waals surface area contributed by atoms with Gasteiger partial charge in [-0.1, -0.05) is 0 Å². The lowest BCUT2D eigenvalue weighted by atomic mass is 9.91. The number of fused-ring (bicyclic) bond motifs is 1. The number of rotatable bonds is 4. The van der Waals surface area contributed by atoms with Crippen LogP contribution in [0, 0.1) is 11.3 Å². The highest BCUT2D eigenvalue weighted by atomic mass is 19.4. The molecule has 1 saturated heterocycles. The number of piperidine rings is 1. The Morgan fingerprint density at radius 3 is 2.33 bits per heavy atom. The van der Waals surface area contributed by atoms with Crippen molar-refractivity contribution in [3.63, 3.8) is 0 Å². The quantitative estimate of drug-likeness (QED) is 0.342. The van der Waals surface area contributed by atoms with Gasteiger partial charge in [0.05, 0.1) is 22.3 Å². The third-order valence-electron chi connectivity index (χ3n) is 6.78. The molecule has 4 aromatic rings. The van der Waals surface area contributed by atoms with Crippen LogP contribution in [0.15, 0.2) is 24.7 Å². The molecule has 5 heterocycles. The monoisotopic (exact) mass is 549 g/mol. The summed E-state index contributed by atoms with van der Waals surface area (Å²) in [6.45, 7) is 0.694. The first-order valence-electron chi connectivity index (χ1n) is 11.7. The molecular weight excluding hydrogens is 528 g/mol. The molecule has 0 aliphatic carbocycles. The molecule has 1 aliphatic rings. The maximum atomic E-state index is 15.8. The molecule has 4 aromatic heterocycles. The van der Waals surface area contributed by atoms with Crippen molar-refractivity contribution in [2.24, 2.45) is 14.1 Å². The molecule has 0 N–H and O–H groups in total. The highest BCUT2D eigenvalue weighted by molar-refractivity contribution is 5.87. The summed E-state index contributed by atoms with van der Waals surface area (Å²) in [6, 6.07) is 3.95. The molecule has 0 saturated carbocycles. The minimum Gasteiger partial charge on any atom is -0.368 e. The van der Waals surface area contributed by atoms with Gasteiger partial charge in [-0.15, -0.1) is 10.2 Å². The Kier molecular flexibility index (Phi) is 6.04. The Balaban J connectivity index is 1.66. The number of nitriles is 1. The van der Waals surface area contributed by atoms with E-state index in [-0.39, 0.29) is 65.3 Å². The normalized spacial score (nSPS) is 16.1. The molecule has 9 nitrogen and oxygen atoms in total. The lowest BCUT2D eigenvalue weighted by Gasteiger charge is -2.38. The Hall–Kier alpha value is -4.22. The number of alkyl halides is 6. The summed E-state index contributed by atoms with van der Waals surface area (Å²) in [6.07, 6.45) is -2.35. The average Bonchev–Trinajstić information content (AvgIpc) is 3.45. The number of nitrogens with zero attached hydrogens (tertiary/aromatic N) is 9. The van der Waals surface area contributed by atoms with E-state index in [9.17, 15) is 27.2 Å².